The molecule has 3 N–H and O–H groups in total. The van der Waals surface area contributed by atoms with Crippen molar-refractivity contribution in [2.24, 2.45) is 5.73 Å². The van der Waals surface area contributed by atoms with Crippen molar-refractivity contribution in [1.29, 1.82) is 0 Å². The van der Waals surface area contributed by atoms with Gasteiger partial charge in [0.05, 0.1) is 22.8 Å². The maximum atomic E-state index is 12.9. The lowest BCUT2D eigenvalue weighted by Gasteiger charge is -2.35. The molecule has 1 aliphatic heterocycles. The summed E-state index contributed by atoms with van der Waals surface area (Å²) in [5.74, 6) is -1.08. The van der Waals surface area contributed by atoms with Crippen molar-refractivity contribution in [3.8, 4) is 0 Å². The van der Waals surface area contributed by atoms with Gasteiger partial charge >= 0.3 is 6.03 Å². The summed E-state index contributed by atoms with van der Waals surface area (Å²) < 4.78 is 0. The van der Waals surface area contributed by atoms with Gasteiger partial charge in [-0.1, -0.05) is 76.1 Å². The SMILES string of the molecule is CN1C(=O)N(c2ccc(C[C@H](NC(=O)c3c(Cl)cccc3PI)C(N)=O)cc2)Cc2ccccc21. The number of amides is 4. The molecule has 1 aliphatic rings. The molecule has 1 unspecified atom stereocenters. The van der Waals surface area contributed by atoms with Gasteiger partial charge in [0.1, 0.15) is 6.04 Å². The van der Waals surface area contributed by atoms with E-state index in [1.165, 1.54) is 0 Å². The lowest BCUT2D eigenvalue weighted by Crippen LogP contribution is -2.46. The third-order valence-corrected chi connectivity index (χ3v) is 8.56. The van der Waals surface area contributed by atoms with Crippen molar-refractivity contribution >= 4 is 74.4 Å². The summed E-state index contributed by atoms with van der Waals surface area (Å²) in [6.45, 7) is 0.469. The number of rotatable bonds is 7. The topological polar surface area (TPSA) is 95.7 Å². The summed E-state index contributed by atoms with van der Waals surface area (Å²) in [6.07, 6.45) is 0.553. The van der Waals surface area contributed by atoms with Gasteiger partial charge in [0, 0.05) is 19.2 Å². The highest BCUT2D eigenvalue weighted by Gasteiger charge is 2.28. The van der Waals surface area contributed by atoms with Gasteiger partial charge in [-0.05, 0) is 46.9 Å². The number of hydrogen-bond donors (Lipinski definition) is 2. The largest absolute Gasteiger partial charge is 0.368 e. The normalized spacial score (nSPS) is 14.2. The van der Waals surface area contributed by atoms with Crippen molar-refractivity contribution in [3.05, 3.63) is 88.4 Å². The maximum absolute atomic E-state index is 12.9. The number of nitrogens with one attached hydrogen (secondary N) is 1. The zero-order valence-electron chi connectivity index (χ0n) is 18.8. The van der Waals surface area contributed by atoms with Crippen LogP contribution in [0.5, 0.6) is 0 Å². The number of para-hydroxylation sites is 1. The molecule has 0 spiro atoms. The van der Waals surface area contributed by atoms with Gasteiger partial charge in [0.2, 0.25) is 5.91 Å². The van der Waals surface area contributed by atoms with Crippen LogP contribution in [0, 0.1) is 0 Å². The van der Waals surface area contributed by atoms with Crippen molar-refractivity contribution in [2.75, 3.05) is 16.8 Å². The molecule has 180 valence electrons. The second-order valence-electron chi connectivity index (χ2n) is 8.11. The molecular weight excluding hydrogens is 598 g/mol. The van der Waals surface area contributed by atoms with E-state index < -0.39 is 17.9 Å². The average molecular weight is 621 g/mol. The minimum atomic E-state index is -0.912. The predicted octanol–water partition coefficient (Wildman–Crippen LogP) is 4.40. The first-order valence-corrected chi connectivity index (χ1v) is 15.3. The molecule has 0 saturated heterocycles. The highest BCUT2D eigenvalue weighted by Crippen LogP contribution is 2.31. The molecule has 3 aromatic rings. The van der Waals surface area contributed by atoms with Crippen molar-refractivity contribution in [2.45, 2.75) is 19.0 Å². The van der Waals surface area contributed by atoms with E-state index in [4.69, 9.17) is 17.3 Å². The fourth-order valence-corrected chi connectivity index (χ4v) is 6.22. The Balaban J connectivity index is 1.50. The van der Waals surface area contributed by atoms with Crippen LogP contribution in [0.3, 0.4) is 0 Å². The maximum Gasteiger partial charge on any atom is 0.329 e. The number of hydrogen-bond acceptors (Lipinski definition) is 3. The molecule has 35 heavy (non-hydrogen) atoms. The number of fused-ring (bicyclic) bond motifs is 1. The Hall–Kier alpha value is -2.68. The van der Waals surface area contributed by atoms with Gasteiger partial charge in [0.15, 0.2) is 0 Å². The van der Waals surface area contributed by atoms with Crippen LogP contribution in [0.15, 0.2) is 66.7 Å². The Labute approximate surface area is 223 Å². The van der Waals surface area contributed by atoms with E-state index in [1.807, 2.05) is 54.6 Å². The zero-order chi connectivity index (χ0) is 25.1. The number of nitrogens with zero attached hydrogens (tertiary/aromatic N) is 2. The van der Waals surface area contributed by atoms with Crippen LogP contribution in [-0.2, 0) is 17.8 Å². The summed E-state index contributed by atoms with van der Waals surface area (Å²) in [5.41, 5.74) is 9.45. The summed E-state index contributed by atoms with van der Waals surface area (Å²) in [7, 11) is 1.75. The quantitative estimate of drug-likeness (QED) is 0.303. The van der Waals surface area contributed by atoms with Crippen molar-refractivity contribution in [1.82, 2.24) is 5.32 Å². The number of urea groups is 1. The molecule has 0 bridgehead atoms. The minimum Gasteiger partial charge on any atom is -0.368 e. The van der Waals surface area contributed by atoms with Crippen LogP contribution in [0.2, 0.25) is 5.02 Å². The molecule has 4 rings (SSSR count). The highest BCUT2D eigenvalue weighted by atomic mass is 127. The minimum absolute atomic E-state index is 0.120. The second kappa shape index (κ2) is 10.9. The molecule has 4 amide bonds. The Morgan fingerprint density at radius 2 is 1.83 bits per heavy atom. The van der Waals surface area contributed by atoms with E-state index >= 15 is 0 Å². The zero-order valence-corrected chi connectivity index (χ0v) is 22.7. The Bertz CT molecular complexity index is 1290. The fourth-order valence-electron chi connectivity index (χ4n) is 4.03. The third kappa shape index (κ3) is 5.44. The molecule has 1 heterocycles. The lowest BCUT2D eigenvalue weighted by molar-refractivity contribution is -0.119. The Kier molecular flexibility index (Phi) is 7.94. The molecule has 0 fully saturated rings. The van der Waals surface area contributed by atoms with E-state index in [0.717, 1.165) is 27.8 Å². The summed E-state index contributed by atoms with van der Waals surface area (Å²) in [5, 5.41) is 3.87. The van der Waals surface area contributed by atoms with Gasteiger partial charge in [-0.2, -0.15) is 0 Å². The molecule has 7 nitrogen and oxygen atoms in total. The number of carbonyl (C=O) groups excluding carboxylic acids is 3. The molecule has 2 atom stereocenters. The van der Waals surface area contributed by atoms with E-state index in [1.54, 1.807) is 29.0 Å². The van der Waals surface area contributed by atoms with Crippen LogP contribution in [0.4, 0.5) is 16.2 Å². The number of carbonyl (C=O) groups is 3. The third-order valence-electron chi connectivity index (χ3n) is 5.88. The van der Waals surface area contributed by atoms with Gasteiger partial charge in [-0.15, -0.1) is 0 Å². The molecule has 0 aromatic heterocycles. The number of nitrogens with two attached hydrogens (primary N) is 1. The van der Waals surface area contributed by atoms with Crippen LogP contribution in [0.1, 0.15) is 21.5 Å². The number of benzene rings is 3. The van der Waals surface area contributed by atoms with Crippen LogP contribution in [0.25, 0.3) is 0 Å². The van der Waals surface area contributed by atoms with Crippen molar-refractivity contribution in [3.63, 3.8) is 0 Å². The summed E-state index contributed by atoms with van der Waals surface area (Å²) in [4.78, 5) is 41.3. The van der Waals surface area contributed by atoms with Crippen molar-refractivity contribution < 1.29 is 14.4 Å². The first kappa shape index (κ1) is 25.4. The fraction of sp³-hybridized carbons (Fsp3) is 0.160. The van der Waals surface area contributed by atoms with Crippen LogP contribution >= 0.6 is 39.9 Å². The average Bonchev–Trinajstić information content (AvgIpc) is 2.86. The van der Waals surface area contributed by atoms with E-state index in [9.17, 15) is 14.4 Å². The molecule has 0 radical (unpaired) electrons. The van der Waals surface area contributed by atoms with E-state index in [-0.39, 0.29) is 12.5 Å². The van der Waals surface area contributed by atoms with E-state index in [2.05, 4.69) is 27.4 Å². The molecule has 0 saturated carbocycles. The Morgan fingerprint density at radius 1 is 1.11 bits per heavy atom. The first-order valence-electron chi connectivity index (χ1n) is 10.8. The number of anilines is 2. The summed E-state index contributed by atoms with van der Waals surface area (Å²) in [6, 6.07) is 19.4. The number of primary amides is 1. The summed E-state index contributed by atoms with van der Waals surface area (Å²) >= 11 is 8.45. The van der Waals surface area contributed by atoms with Gasteiger partial charge < -0.3 is 11.1 Å². The van der Waals surface area contributed by atoms with Gasteiger partial charge in [-0.25, -0.2) is 4.79 Å². The van der Waals surface area contributed by atoms with Crippen LogP contribution < -0.4 is 26.2 Å². The molecular formula is C25H23ClIN4O3P. The monoisotopic (exact) mass is 620 g/mol. The van der Waals surface area contributed by atoms with Gasteiger partial charge in [-0.3, -0.25) is 19.4 Å². The highest BCUT2D eigenvalue weighted by molar-refractivity contribution is 14.2. The van der Waals surface area contributed by atoms with Gasteiger partial charge in [0.25, 0.3) is 5.91 Å². The Morgan fingerprint density at radius 3 is 2.51 bits per heavy atom. The predicted molar refractivity (Wildman–Crippen MR) is 150 cm³/mol. The molecule has 3 aromatic carbocycles. The van der Waals surface area contributed by atoms with Crippen LogP contribution in [-0.4, -0.2) is 30.9 Å². The smallest absolute Gasteiger partial charge is 0.329 e. The van der Waals surface area contributed by atoms with E-state index in [0.29, 0.717) is 23.4 Å². The second-order valence-corrected chi connectivity index (χ2v) is 10.9. The standard InChI is InChI=1S/C25H23ClIN4O3P/c1-30-20-7-3-2-5-16(20)14-31(25(30)34)17-11-9-15(10-12-17)13-19(23(28)32)29-24(33)22-18(26)6-4-8-21(22)35-27/h2-12,19,35H,13-14H2,1H3,(H2,28,32)(H,29,33)/t19-/m0/s1. The first-order chi connectivity index (χ1) is 16.8. The number of halogens is 2. The molecule has 0 aliphatic carbocycles. The lowest BCUT2D eigenvalue weighted by atomic mass is 10.0. The molecule has 10 heteroatoms.